The van der Waals surface area contributed by atoms with E-state index < -0.39 is 0 Å². The molecule has 0 bridgehead atoms. The predicted octanol–water partition coefficient (Wildman–Crippen LogP) is 2.73. The summed E-state index contributed by atoms with van der Waals surface area (Å²) in [4.78, 5) is 18.5. The number of nitrogens with one attached hydrogen (secondary N) is 2. The molecule has 0 aliphatic heterocycles. The largest absolute Gasteiger partial charge is 0.349 e. The van der Waals surface area contributed by atoms with Crippen LogP contribution in [0.15, 0.2) is 41.7 Å². The zero-order valence-electron chi connectivity index (χ0n) is 9.56. The summed E-state index contributed by atoms with van der Waals surface area (Å²) in [7, 11) is 0. The number of benzene rings is 1. The van der Waals surface area contributed by atoms with Crippen LogP contribution in [0.5, 0.6) is 0 Å². The molecule has 3 aromatic rings. The van der Waals surface area contributed by atoms with Crippen LogP contribution in [0.1, 0.15) is 0 Å². The highest BCUT2D eigenvalue weighted by Gasteiger charge is 2.10. The Morgan fingerprint density at radius 3 is 2.83 bits per heavy atom. The minimum Gasteiger partial charge on any atom is -0.349 e. The zero-order valence-corrected chi connectivity index (χ0v) is 10.4. The Kier molecular flexibility index (Phi) is 2.41. The van der Waals surface area contributed by atoms with Crippen molar-refractivity contribution in [3.63, 3.8) is 0 Å². The quantitative estimate of drug-likeness (QED) is 0.548. The molecule has 2 N–H and O–H groups in total. The van der Waals surface area contributed by atoms with E-state index in [0.717, 1.165) is 16.4 Å². The maximum Gasteiger partial charge on any atom is 0.278 e. The van der Waals surface area contributed by atoms with Gasteiger partial charge < -0.3 is 9.97 Å². The fourth-order valence-corrected chi connectivity index (χ4v) is 2.39. The Balaban J connectivity index is 2.54. The van der Waals surface area contributed by atoms with Crippen molar-refractivity contribution in [1.29, 1.82) is 0 Å². The second-order valence-electron chi connectivity index (χ2n) is 4.06. The maximum absolute atomic E-state index is 12.3. The number of para-hydroxylation sites is 1. The third-order valence-corrected chi connectivity index (χ3v) is 3.28. The number of nitrogens with zero attached hydrogens (tertiary/aromatic N) is 1. The molecule has 0 unspecified atom stereocenters. The van der Waals surface area contributed by atoms with E-state index in [9.17, 15) is 4.79 Å². The van der Waals surface area contributed by atoms with Gasteiger partial charge in [0.2, 0.25) is 0 Å². The molecule has 18 heavy (non-hydrogen) atoms. The first-order chi connectivity index (χ1) is 8.72. The van der Waals surface area contributed by atoms with Gasteiger partial charge in [0.1, 0.15) is 5.52 Å². The Bertz CT molecular complexity index is 869. The average molecular weight is 257 g/mol. The maximum atomic E-state index is 12.3. The lowest BCUT2D eigenvalue weighted by atomic mass is 10.2. The molecule has 0 atom stereocenters. The number of allylic oxidation sites excluding steroid dienone is 1. The highest BCUT2D eigenvalue weighted by atomic mass is 32.1. The van der Waals surface area contributed by atoms with Gasteiger partial charge in [-0.1, -0.05) is 24.3 Å². The minimum atomic E-state index is -0.121. The van der Waals surface area contributed by atoms with Crippen LogP contribution in [-0.2, 0) is 6.54 Å². The molecule has 4 nitrogen and oxygen atoms in total. The van der Waals surface area contributed by atoms with Crippen molar-refractivity contribution in [1.82, 2.24) is 14.5 Å². The smallest absolute Gasteiger partial charge is 0.278 e. The number of hydrogen-bond donors (Lipinski definition) is 2. The van der Waals surface area contributed by atoms with Crippen LogP contribution in [0.2, 0.25) is 0 Å². The molecule has 0 saturated carbocycles. The monoisotopic (exact) mass is 257 g/mol. The number of aromatic amines is 2. The third-order valence-electron chi connectivity index (χ3n) is 2.95. The van der Waals surface area contributed by atoms with E-state index in [1.165, 1.54) is 4.57 Å². The lowest BCUT2D eigenvalue weighted by molar-refractivity contribution is 0.752. The standard InChI is InChI=1S/C13H11N3OS/c1-2-7-16-12(17)11-10(15-13(16)18)8-5-3-4-6-9(8)14-11/h2-6,14H,1,7H2,(H,15,18). The Morgan fingerprint density at radius 1 is 1.28 bits per heavy atom. The second-order valence-corrected chi connectivity index (χ2v) is 4.44. The molecule has 1 aromatic carbocycles. The Hall–Kier alpha value is -2.14. The van der Waals surface area contributed by atoms with Gasteiger partial charge in [-0.05, 0) is 18.3 Å². The average Bonchev–Trinajstić information content (AvgIpc) is 2.74. The summed E-state index contributed by atoms with van der Waals surface area (Å²) in [5.74, 6) is 0. The van der Waals surface area contributed by atoms with E-state index in [-0.39, 0.29) is 5.56 Å². The van der Waals surface area contributed by atoms with Crippen molar-refractivity contribution in [2.45, 2.75) is 6.54 Å². The summed E-state index contributed by atoms with van der Waals surface area (Å²) < 4.78 is 1.90. The molecule has 2 aromatic heterocycles. The normalized spacial score (nSPS) is 11.1. The second kappa shape index (κ2) is 3.96. The summed E-state index contributed by atoms with van der Waals surface area (Å²) in [6, 6.07) is 7.75. The van der Waals surface area contributed by atoms with Gasteiger partial charge in [0.25, 0.3) is 5.56 Å². The summed E-state index contributed by atoms with van der Waals surface area (Å²) >= 11 is 5.21. The van der Waals surface area contributed by atoms with Crippen molar-refractivity contribution >= 4 is 34.2 Å². The van der Waals surface area contributed by atoms with E-state index >= 15 is 0 Å². The molecule has 0 fully saturated rings. The van der Waals surface area contributed by atoms with Crippen LogP contribution in [0.3, 0.4) is 0 Å². The van der Waals surface area contributed by atoms with Crippen LogP contribution < -0.4 is 5.56 Å². The van der Waals surface area contributed by atoms with E-state index in [2.05, 4.69) is 16.5 Å². The van der Waals surface area contributed by atoms with Gasteiger partial charge in [-0.25, -0.2) is 0 Å². The van der Waals surface area contributed by atoms with Gasteiger partial charge in [-0.15, -0.1) is 6.58 Å². The molecule has 90 valence electrons. The molecule has 0 radical (unpaired) electrons. The van der Waals surface area contributed by atoms with E-state index in [1.54, 1.807) is 6.08 Å². The minimum absolute atomic E-state index is 0.121. The van der Waals surface area contributed by atoms with Crippen molar-refractivity contribution < 1.29 is 0 Å². The van der Waals surface area contributed by atoms with Gasteiger partial charge in [-0.3, -0.25) is 9.36 Å². The molecule has 0 aliphatic carbocycles. The summed E-state index contributed by atoms with van der Waals surface area (Å²) in [5.41, 5.74) is 2.11. The van der Waals surface area contributed by atoms with E-state index in [4.69, 9.17) is 12.2 Å². The molecular weight excluding hydrogens is 246 g/mol. The first kappa shape index (κ1) is 11.0. The lowest BCUT2D eigenvalue weighted by Gasteiger charge is -2.02. The highest BCUT2D eigenvalue weighted by molar-refractivity contribution is 7.71. The molecule has 0 aliphatic rings. The van der Waals surface area contributed by atoms with Crippen molar-refractivity contribution in [2.24, 2.45) is 0 Å². The molecule has 2 heterocycles. The van der Waals surface area contributed by atoms with Crippen LogP contribution in [0.4, 0.5) is 0 Å². The van der Waals surface area contributed by atoms with Crippen LogP contribution in [0, 0.1) is 4.77 Å². The fraction of sp³-hybridized carbons (Fsp3) is 0.0769. The Morgan fingerprint density at radius 2 is 2.06 bits per heavy atom. The van der Waals surface area contributed by atoms with Gasteiger partial charge in [0.05, 0.1) is 5.52 Å². The number of hydrogen-bond acceptors (Lipinski definition) is 2. The summed E-state index contributed by atoms with van der Waals surface area (Å²) in [6.07, 6.45) is 1.65. The van der Waals surface area contributed by atoms with Crippen LogP contribution in [-0.4, -0.2) is 14.5 Å². The van der Waals surface area contributed by atoms with Gasteiger partial charge in [-0.2, -0.15) is 0 Å². The van der Waals surface area contributed by atoms with Gasteiger partial charge in [0.15, 0.2) is 4.77 Å². The summed E-state index contributed by atoms with van der Waals surface area (Å²) in [6.45, 7) is 4.03. The van der Waals surface area contributed by atoms with Crippen molar-refractivity contribution in [2.75, 3.05) is 0 Å². The zero-order chi connectivity index (χ0) is 12.7. The lowest BCUT2D eigenvalue weighted by Crippen LogP contribution is -2.21. The first-order valence-corrected chi connectivity index (χ1v) is 5.97. The third kappa shape index (κ3) is 1.44. The van der Waals surface area contributed by atoms with Gasteiger partial charge in [0, 0.05) is 17.4 Å². The molecule has 0 saturated heterocycles. The van der Waals surface area contributed by atoms with Crippen molar-refractivity contribution in [3.05, 3.63) is 52.0 Å². The highest BCUT2D eigenvalue weighted by Crippen LogP contribution is 2.20. The van der Waals surface area contributed by atoms with Crippen molar-refractivity contribution in [3.8, 4) is 0 Å². The molecular formula is C13H11N3OS. The SMILES string of the molecule is C=CCn1c(=S)[nH]c2c([nH]c3ccccc32)c1=O. The molecule has 0 amide bonds. The number of rotatable bonds is 2. The predicted molar refractivity (Wildman–Crippen MR) is 75.4 cm³/mol. The first-order valence-electron chi connectivity index (χ1n) is 5.57. The number of H-pyrrole nitrogens is 2. The topological polar surface area (TPSA) is 53.6 Å². The molecule has 5 heteroatoms. The van der Waals surface area contributed by atoms with E-state index in [1.807, 2.05) is 24.3 Å². The van der Waals surface area contributed by atoms with E-state index in [0.29, 0.717) is 16.8 Å². The van der Waals surface area contributed by atoms with Crippen LogP contribution >= 0.6 is 12.2 Å². The van der Waals surface area contributed by atoms with Crippen LogP contribution in [0.25, 0.3) is 21.9 Å². The van der Waals surface area contributed by atoms with Gasteiger partial charge >= 0.3 is 0 Å². The Labute approximate surface area is 108 Å². The fourth-order valence-electron chi connectivity index (χ4n) is 2.13. The molecule has 3 rings (SSSR count). The summed E-state index contributed by atoms with van der Waals surface area (Å²) in [5, 5.41) is 0.974. The number of fused-ring (bicyclic) bond motifs is 3. The number of aromatic nitrogens is 3. The molecule has 0 spiro atoms.